The van der Waals surface area contributed by atoms with Gasteiger partial charge in [-0.1, -0.05) is 59.0 Å². The Balaban J connectivity index is 1.44. The summed E-state index contributed by atoms with van der Waals surface area (Å²) < 4.78 is 5.92. The van der Waals surface area contributed by atoms with E-state index in [4.69, 9.17) is 4.42 Å². The van der Waals surface area contributed by atoms with E-state index < -0.39 is 23.5 Å². The fourth-order valence-electron chi connectivity index (χ4n) is 3.48. The van der Waals surface area contributed by atoms with Crippen molar-refractivity contribution >= 4 is 51.3 Å². The molecule has 0 aliphatic carbocycles. The van der Waals surface area contributed by atoms with Crippen LogP contribution in [0.15, 0.2) is 80.3 Å². The van der Waals surface area contributed by atoms with E-state index in [0.717, 1.165) is 10.4 Å². The van der Waals surface area contributed by atoms with Crippen molar-refractivity contribution in [1.29, 1.82) is 0 Å². The average Bonchev–Trinajstić information content (AvgIpc) is 3.62. The molecule has 0 saturated heterocycles. The number of hydrogen-bond acceptors (Lipinski definition) is 9. The minimum Gasteiger partial charge on any atom is -0.503 e. The normalized spacial score (nSPS) is 16.1. The van der Waals surface area contributed by atoms with E-state index in [1.807, 2.05) is 24.4 Å². The molecule has 5 rings (SSSR count). The third kappa shape index (κ3) is 4.12. The molecule has 0 radical (unpaired) electrons. The van der Waals surface area contributed by atoms with Crippen LogP contribution >= 0.6 is 34.4 Å². The van der Waals surface area contributed by atoms with Gasteiger partial charge in [0.1, 0.15) is 6.04 Å². The fourth-order valence-corrected chi connectivity index (χ4v) is 6.13. The molecule has 1 aliphatic rings. The standard InChI is InChI=1S/C23H17N3O4S3/c1-13-6-8-14(9-7-13)12-32-23-25-24-22(33-23)26-18(16-5-3-11-31-16)17(20(28)21(26)29)19(27)15-4-2-10-30-15/h2-11,18,28H,12H2,1H3. The van der Waals surface area contributed by atoms with Gasteiger partial charge in [0.25, 0.3) is 5.91 Å². The predicted molar refractivity (Wildman–Crippen MR) is 128 cm³/mol. The Morgan fingerprint density at radius 3 is 2.70 bits per heavy atom. The number of ketones is 1. The summed E-state index contributed by atoms with van der Waals surface area (Å²) in [6.45, 7) is 2.04. The van der Waals surface area contributed by atoms with Crippen LogP contribution in [0.25, 0.3) is 0 Å². The minimum absolute atomic E-state index is 0.0264. The van der Waals surface area contributed by atoms with Crippen molar-refractivity contribution in [2.45, 2.75) is 23.1 Å². The lowest BCUT2D eigenvalue weighted by Gasteiger charge is -2.22. The predicted octanol–water partition coefficient (Wildman–Crippen LogP) is 5.58. The molecule has 1 N–H and O–H groups in total. The van der Waals surface area contributed by atoms with E-state index in [2.05, 4.69) is 34.5 Å². The second kappa shape index (κ2) is 8.97. The fraction of sp³-hybridized carbons (Fsp3) is 0.130. The first kappa shape index (κ1) is 21.6. The van der Waals surface area contributed by atoms with Crippen LogP contribution in [0.5, 0.6) is 0 Å². The number of amides is 1. The molecule has 1 unspecified atom stereocenters. The summed E-state index contributed by atoms with van der Waals surface area (Å²) in [6.07, 6.45) is 1.38. The summed E-state index contributed by atoms with van der Waals surface area (Å²) in [6, 6.07) is 14.2. The average molecular weight is 496 g/mol. The van der Waals surface area contributed by atoms with Gasteiger partial charge < -0.3 is 9.52 Å². The number of nitrogens with zero attached hydrogens (tertiary/aromatic N) is 3. The smallest absolute Gasteiger partial charge is 0.296 e. The molecule has 10 heteroatoms. The monoisotopic (exact) mass is 495 g/mol. The van der Waals surface area contributed by atoms with Crippen molar-refractivity contribution in [3.63, 3.8) is 0 Å². The number of aryl methyl sites for hydroxylation is 1. The molecule has 0 saturated carbocycles. The quantitative estimate of drug-likeness (QED) is 0.203. The van der Waals surface area contributed by atoms with Gasteiger partial charge >= 0.3 is 0 Å². The number of carbonyl (C=O) groups is 2. The van der Waals surface area contributed by atoms with Crippen LogP contribution in [0.3, 0.4) is 0 Å². The Hall–Kier alpha value is -3.21. The van der Waals surface area contributed by atoms with E-state index >= 15 is 0 Å². The van der Waals surface area contributed by atoms with Gasteiger partial charge in [-0.2, -0.15) is 0 Å². The molecule has 3 aromatic heterocycles. The molecule has 0 spiro atoms. The Bertz CT molecular complexity index is 1330. The number of furan rings is 1. The number of carbonyl (C=O) groups excluding carboxylic acids is 2. The van der Waals surface area contributed by atoms with Crippen LogP contribution in [0, 0.1) is 6.92 Å². The number of thioether (sulfide) groups is 1. The van der Waals surface area contributed by atoms with Crippen LogP contribution in [0.1, 0.15) is 32.6 Å². The highest BCUT2D eigenvalue weighted by Crippen LogP contribution is 2.45. The maximum absolute atomic E-state index is 13.1. The van der Waals surface area contributed by atoms with Crippen molar-refractivity contribution in [2.75, 3.05) is 4.90 Å². The second-order valence-electron chi connectivity index (χ2n) is 7.29. The maximum Gasteiger partial charge on any atom is 0.296 e. The zero-order chi connectivity index (χ0) is 22.9. The number of aromatic nitrogens is 2. The van der Waals surface area contributed by atoms with E-state index in [1.54, 1.807) is 6.07 Å². The van der Waals surface area contributed by atoms with Gasteiger partial charge in [0.05, 0.1) is 11.8 Å². The number of aliphatic hydroxyl groups excluding tert-OH is 1. The molecule has 166 valence electrons. The molecular weight excluding hydrogens is 478 g/mol. The minimum atomic E-state index is -0.807. The van der Waals surface area contributed by atoms with E-state index in [1.165, 1.54) is 57.2 Å². The Kier molecular flexibility index (Phi) is 5.88. The van der Waals surface area contributed by atoms with Crippen molar-refractivity contribution in [2.24, 2.45) is 0 Å². The van der Waals surface area contributed by atoms with Crippen LogP contribution < -0.4 is 4.90 Å². The van der Waals surface area contributed by atoms with Crippen molar-refractivity contribution < 1.29 is 19.1 Å². The number of benzene rings is 1. The van der Waals surface area contributed by atoms with Gasteiger partial charge in [0, 0.05) is 10.6 Å². The van der Waals surface area contributed by atoms with Gasteiger partial charge in [-0.3, -0.25) is 14.5 Å². The lowest BCUT2D eigenvalue weighted by atomic mass is 10.0. The van der Waals surface area contributed by atoms with Crippen molar-refractivity contribution in [1.82, 2.24) is 10.2 Å². The highest BCUT2D eigenvalue weighted by atomic mass is 32.2. The molecule has 0 bridgehead atoms. The van der Waals surface area contributed by atoms with Gasteiger partial charge in [0.2, 0.25) is 10.9 Å². The second-order valence-corrected chi connectivity index (χ2v) is 10.4. The lowest BCUT2D eigenvalue weighted by Crippen LogP contribution is -2.30. The summed E-state index contributed by atoms with van der Waals surface area (Å²) in [7, 11) is 0. The van der Waals surface area contributed by atoms with Gasteiger partial charge in [-0.15, -0.1) is 21.5 Å². The Labute approximate surface area is 201 Å². The number of thiophene rings is 1. The first-order valence-electron chi connectivity index (χ1n) is 9.93. The van der Waals surface area contributed by atoms with Gasteiger partial charge in [-0.25, -0.2) is 0 Å². The zero-order valence-corrected chi connectivity index (χ0v) is 19.7. The molecule has 4 aromatic rings. The van der Waals surface area contributed by atoms with Crippen LogP contribution in [0.2, 0.25) is 0 Å². The van der Waals surface area contributed by atoms with Gasteiger partial charge in [0.15, 0.2) is 15.9 Å². The van der Waals surface area contributed by atoms with E-state index in [-0.39, 0.29) is 11.3 Å². The molecule has 33 heavy (non-hydrogen) atoms. The largest absolute Gasteiger partial charge is 0.503 e. The molecular formula is C23H17N3O4S3. The molecule has 4 heterocycles. The molecule has 1 atom stereocenters. The number of Topliss-reactive ketones (excluding diaryl/α,β-unsaturated/α-hetero) is 1. The molecule has 1 aromatic carbocycles. The van der Waals surface area contributed by atoms with E-state index in [0.29, 0.717) is 15.2 Å². The molecule has 0 fully saturated rings. The van der Waals surface area contributed by atoms with Crippen LogP contribution in [-0.2, 0) is 10.5 Å². The summed E-state index contributed by atoms with van der Waals surface area (Å²) >= 11 is 4.15. The molecule has 7 nitrogen and oxygen atoms in total. The Morgan fingerprint density at radius 1 is 1.18 bits per heavy atom. The van der Waals surface area contributed by atoms with Crippen LogP contribution in [0.4, 0.5) is 5.13 Å². The highest BCUT2D eigenvalue weighted by Gasteiger charge is 2.47. The SMILES string of the molecule is Cc1ccc(CSc2nnc(N3C(=O)C(O)=C(C(=O)c4ccco4)C3c3cccs3)s2)cc1. The summed E-state index contributed by atoms with van der Waals surface area (Å²) in [5.41, 5.74) is 2.32. The number of aliphatic hydroxyl groups is 1. The zero-order valence-electron chi connectivity index (χ0n) is 17.3. The van der Waals surface area contributed by atoms with Gasteiger partial charge in [-0.05, 0) is 36.1 Å². The van der Waals surface area contributed by atoms with Crippen molar-refractivity contribution in [3.8, 4) is 0 Å². The topological polar surface area (TPSA) is 96.5 Å². The number of anilines is 1. The molecule has 1 amide bonds. The summed E-state index contributed by atoms with van der Waals surface area (Å²) in [5.74, 6) is -1.05. The first-order chi connectivity index (χ1) is 16.0. The first-order valence-corrected chi connectivity index (χ1v) is 12.6. The summed E-state index contributed by atoms with van der Waals surface area (Å²) in [4.78, 5) is 28.3. The van der Waals surface area contributed by atoms with E-state index in [9.17, 15) is 14.7 Å². The van der Waals surface area contributed by atoms with Crippen molar-refractivity contribution in [3.05, 3.63) is 93.3 Å². The molecule has 1 aliphatic heterocycles. The van der Waals surface area contributed by atoms with Crippen LogP contribution in [-0.4, -0.2) is 27.0 Å². The number of rotatable bonds is 7. The number of hydrogen-bond donors (Lipinski definition) is 1. The third-order valence-corrected chi connectivity index (χ3v) is 8.15. The third-order valence-electron chi connectivity index (χ3n) is 5.10. The summed E-state index contributed by atoms with van der Waals surface area (Å²) in [5, 5.41) is 21.3. The highest BCUT2D eigenvalue weighted by molar-refractivity contribution is 8.00. The maximum atomic E-state index is 13.1. The Morgan fingerprint density at radius 2 is 2.00 bits per heavy atom. The lowest BCUT2D eigenvalue weighted by molar-refractivity contribution is -0.117.